The summed E-state index contributed by atoms with van der Waals surface area (Å²) >= 11 is 0. The number of hydrogen-bond donors (Lipinski definition) is 1. The molecule has 0 amide bonds. The van der Waals surface area contributed by atoms with Crippen LogP contribution in [-0.4, -0.2) is 31.6 Å². The van der Waals surface area contributed by atoms with Crippen molar-refractivity contribution in [2.24, 2.45) is 5.73 Å². The Morgan fingerprint density at radius 2 is 2.56 bits per heavy atom. The highest BCUT2D eigenvalue weighted by Gasteiger charge is 2.10. The molecule has 2 nitrogen and oxygen atoms in total. The highest BCUT2D eigenvalue weighted by molar-refractivity contribution is 5.09. The molecule has 0 bridgehead atoms. The standard InChI is InChI=1S/C7H14N2/c1-9-5-3-7(6-9)2-4-8/h2H,3-6,8H2,1H3. The van der Waals surface area contributed by atoms with Gasteiger partial charge in [-0.3, -0.25) is 0 Å². The van der Waals surface area contributed by atoms with Crippen molar-refractivity contribution in [1.82, 2.24) is 4.90 Å². The smallest absolute Gasteiger partial charge is 0.0190 e. The first kappa shape index (κ1) is 6.78. The first-order valence-electron chi connectivity index (χ1n) is 3.39. The van der Waals surface area contributed by atoms with E-state index in [0.717, 1.165) is 6.54 Å². The van der Waals surface area contributed by atoms with Crippen LogP contribution in [0.3, 0.4) is 0 Å². The summed E-state index contributed by atoms with van der Waals surface area (Å²) in [4.78, 5) is 2.31. The Labute approximate surface area is 56.3 Å². The maximum atomic E-state index is 5.36. The van der Waals surface area contributed by atoms with Crippen LogP contribution in [0.4, 0.5) is 0 Å². The van der Waals surface area contributed by atoms with Crippen molar-refractivity contribution in [3.63, 3.8) is 0 Å². The highest BCUT2D eigenvalue weighted by atomic mass is 15.1. The fourth-order valence-electron chi connectivity index (χ4n) is 1.17. The van der Waals surface area contributed by atoms with E-state index in [1.807, 2.05) is 0 Å². The van der Waals surface area contributed by atoms with Crippen molar-refractivity contribution in [3.8, 4) is 0 Å². The van der Waals surface area contributed by atoms with E-state index in [4.69, 9.17) is 5.73 Å². The quantitative estimate of drug-likeness (QED) is 0.509. The molecule has 0 unspecified atom stereocenters. The number of likely N-dealkylation sites (tertiary alicyclic amines) is 1. The van der Waals surface area contributed by atoms with E-state index in [9.17, 15) is 0 Å². The highest BCUT2D eigenvalue weighted by Crippen LogP contribution is 2.11. The van der Waals surface area contributed by atoms with Gasteiger partial charge in [-0.05, 0) is 13.5 Å². The average molecular weight is 126 g/mol. The van der Waals surface area contributed by atoms with E-state index in [1.165, 1.54) is 18.5 Å². The van der Waals surface area contributed by atoms with Gasteiger partial charge < -0.3 is 10.6 Å². The molecule has 1 fully saturated rings. The molecule has 0 spiro atoms. The van der Waals surface area contributed by atoms with Crippen LogP contribution in [0.25, 0.3) is 0 Å². The molecule has 52 valence electrons. The van der Waals surface area contributed by atoms with Gasteiger partial charge in [0.15, 0.2) is 0 Å². The van der Waals surface area contributed by atoms with Crippen molar-refractivity contribution >= 4 is 0 Å². The van der Waals surface area contributed by atoms with Gasteiger partial charge in [-0.1, -0.05) is 11.6 Å². The molecule has 0 radical (unpaired) electrons. The van der Waals surface area contributed by atoms with Crippen molar-refractivity contribution in [2.75, 3.05) is 26.7 Å². The maximum absolute atomic E-state index is 5.36. The van der Waals surface area contributed by atoms with E-state index in [1.54, 1.807) is 0 Å². The van der Waals surface area contributed by atoms with E-state index in [-0.39, 0.29) is 0 Å². The van der Waals surface area contributed by atoms with E-state index < -0.39 is 0 Å². The zero-order valence-corrected chi connectivity index (χ0v) is 5.93. The predicted octanol–water partition coefficient (Wildman–Crippen LogP) is 0.207. The summed E-state index contributed by atoms with van der Waals surface area (Å²) in [6.07, 6.45) is 3.34. The number of nitrogens with zero attached hydrogens (tertiary/aromatic N) is 1. The first-order valence-corrected chi connectivity index (χ1v) is 3.39. The van der Waals surface area contributed by atoms with E-state index in [2.05, 4.69) is 18.0 Å². The molecule has 0 aromatic carbocycles. The minimum Gasteiger partial charge on any atom is -0.327 e. The normalized spacial score (nSPS) is 25.8. The second kappa shape index (κ2) is 2.99. The summed E-state index contributed by atoms with van der Waals surface area (Å²) in [6, 6.07) is 0. The Bertz CT molecular complexity index is 118. The Morgan fingerprint density at radius 1 is 1.78 bits per heavy atom. The van der Waals surface area contributed by atoms with Crippen LogP contribution >= 0.6 is 0 Å². The second-order valence-corrected chi connectivity index (χ2v) is 2.59. The summed E-state index contributed by atoms with van der Waals surface area (Å²) < 4.78 is 0. The van der Waals surface area contributed by atoms with Gasteiger partial charge in [0.1, 0.15) is 0 Å². The number of nitrogens with two attached hydrogens (primary N) is 1. The molecule has 0 aromatic heterocycles. The molecule has 1 saturated heterocycles. The summed E-state index contributed by atoms with van der Waals surface area (Å²) in [5.74, 6) is 0. The van der Waals surface area contributed by atoms with Crippen LogP contribution in [0.2, 0.25) is 0 Å². The lowest BCUT2D eigenvalue weighted by atomic mass is 10.2. The molecule has 1 aliphatic heterocycles. The number of rotatable bonds is 1. The third-order valence-electron chi connectivity index (χ3n) is 1.69. The van der Waals surface area contributed by atoms with E-state index in [0.29, 0.717) is 6.54 Å². The lowest BCUT2D eigenvalue weighted by Crippen LogP contribution is -2.11. The van der Waals surface area contributed by atoms with Crippen LogP contribution < -0.4 is 5.73 Å². The number of hydrogen-bond acceptors (Lipinski definition) is 2. The van der Waals surface area contributed by atoms with E-state index >= 15 is 0 Å². The van der Waals surface area contributed by atoms with Crippen LogP contribution in [0.1, 0.15) is 6.42 Å². The topological polar surface area (TPSA) is 29.3 Å². The lowest BCUT2D eigenvalue weighted by molar-refractivity contribution is 0.425. The second-order valence-electron chi connectivity index (χ2n) is 2.59. The van der Waals surface area contributed by atoms with Gasteiger partial charge in [0.05, 0.1) is 0 Å². The van der Waals surface area contributed by atoms with Crippen LogP contribution in [0.15, 0.2) is 11.6 Å². The van der Waals surface area contributed by atoms with Gasteiger partial charge in [-0.15, -0.1) is 0 Å². The fraction of sp³-hybridized carbons (Fsp3) is 0.714. The Morgan fingerprint density at radius 3 is 3.00 bits per heavy atom. The largest absolute Gasteiger partial charge is 0.327 e. The van der Waals surface area contributed by atoms with Gasteiger partial charge in [-0.2, -0.15) is 0 Å². The van der Waals surface area contributed by atoms with Gasteiger partial charge in [0, 0.05) is 19.6 Å². The van der Waals surface area contributed by atoms with Crippen molar-refractivity contribution in [3.05, 3.63) is 11.6 Å². The summed E-state index contributed by atoms with van der Waals surface area (Å²) in [5, 5.41) is 0. The van der Waals surface area contributed by atoms with Crippen LogP contribution in [0.5, 0.6) is 0 Å². The molecule has 0 aromatic rings. The number of likely N-dealkylation sites (N-methyl/N-ethyl adjacent to an activating group) is 1. The molecule has 9 heavy (non-hydrogen) atoms. The molecule has 1 aliphatic rings. The van der Waals surface area contributed by atoms with Crippen molar-refractivity contribution < 1.29 is 0 Å². The monoisotopic (exact) mass is 126 g/mol. The first-order chi connectivity index (χ1) is 4.33. The summed E-state index contributed by atoms with van der Waals surface area (Å²) in [7, 11) is 2.14. The van der Waals surface area contributed by atoms with Crippen LogP contribution in [0, 0.1) is 0 Å². The molecule has 0 atom stereocenters. The summed E-state index contributed by atoms with van der Waals surface area (Å²) in [6.45, 7) is 3.02. The molecule has 2 heteroatoms. The van der Waals surface area contributed by atoms with Crippen molar-refractivity contribution in [2.45, 2.75) is 6.42 Å². The molecule has 1 rings (SSSR count). The molecule has 1 heterocycles. The molecular weight excluding hydrogens is 112 g/mol. The maximum Gasteiger partial charge on any atom is 0.0190 e. The lowest BCUT2D eigenvalue weighted by Gasteiger charge is -2.02. The predicted molar refractivity (Wildman–Crippen MR) is 39.3 cm³/mol. The average Bonchev–Trinajstić information content (AvgIpc) is 2.17. The Kier molecular flexibility index (Phi) is 2.25. The Balaban J connectivity index is 2.38. The minimum atomic E-state index is 0.698. The van der Waals surface area contributed by atoms with Crippen molar-refractivity contribution in [1.29, 1.82) is 0 Å². The van der Waals surface area contributed by atoms with Gasteiger partial charge in [-0.25, -0.2) is 0 Å². The molecule has 0 aliphatic carbocycles. The fourth-order valence-corrected chi connectivity index (χ4v) is 1.17. The van der Waals surface area contributed by atoms with Gasteiger partial charge in [0.25, 0.3) is 0 Å². The third-order valence-corrected chi connectivity index (χ3v) is 1.69. The third kappa shape index (κ3) is 1.80. The van der Waals surface area contributed by atoms with Crippen LogP contribution in [-0.2, 0) is 0 Å². The SMILES string of the molecule is CN1CCC(=CCN)C1. The zero-order valence-electron chi connectivity index (χ0n) is 5.93. The molecule has 0 saturated carbocycles. The van der Waals surface area contributed by atoms with Gasteiger partial charge in [0.2, 0.25) is 0 Å². The minimum absolute atomic E-state index is 0.698. The molecule has 2 N–H and O–H groups in total. The van der Waals surface area contributed by atoms with Gasteiger partial charge >= 0.3 is 0 Å². The molecular formula is C7H14N2. The summed E-state index contributed by atoms with van der Waals surface area (Å²) in [5.41, 5.74) is 6.86. The Hall–Kier alpha value is -0.340. The zero-order chi connectivity index (χ0) is 6.69.